The lowest BCUT2D eigenvalue weighted by Crippen LogP contribution is -2.34. The Kier molecular flexibility index (Phi) is 2.70. The molecule has 0 amide bonds. The number of nitrogens with one attached hydrogen (secondary N) is 1. The molecule has 15 heavy (non-hydrogen) atoms. The van der Waals surface area contributed by atoms with Gasteiger partial charge in [0.05, 0.1) is 0 Å². The number of benzene rings is 1. The zero-order valence-corrected chi connectivity index (χ0v) is 9.76. The smallest absolute Gasteiger partial charge is 0.123 e. The molecule has 0 aromatic heterocycles. The molecule has 1 atom stereocenters. The molecule has 1 aliphatic rings. The van der Waals surface area contributed by atoms with Crippen molar-refractivity contribution in [3.63, 3.8) is 0 Å². The zero-order valence-electron chi connectivity index (χ0n) is 9.76. The van der Waals surface area contributed by atoms with E-state index in [0.717, 1.165) is 25.3 Å². The quantitative estimate of drug-likeness (QED) is 0.800. The molecule has 1 aliphatic heterocycles. The Labute approximate surface area is 91.6 Å². The summed E-state index contributed by atoms with van der Waals surface area (Å²) in [5, 5.41) is 3.34. The predicted molar refractivity (Wildman–Crippen MR) is 62.4 cm³/mol. The fourth-order valence-corrected chi connectivity index (χ4v) is 1.96. The number of hydrogen-bond donors (Lipinski definition) is 1. The average Bonchev–Trinajstić information content (AvgIpc) is 2.59. The van der Waals surface area contributed by atoms with Crippen molar-refractivity contribution in [1.29, 1.82) is 0 Å². The topological polar surface area (TPSA) is 21.3 Å². The predicted octanol–water partition coefficient (Wildman–Crippen LogP) is 2.43. The van der Waals surface area contributed by atoms with Crippen LogP contribution in [0, 0.1) is 13.8 Å². The van der Waals surface area contributed by atoms with Crippen molar-refractivity contribution in [1.82, 2.24) is 5.32 Å². The molecule has 1 saturated heterocycles. The molecule has 0 radical (unpaired) electrons. The maximum atomic E-state index is 6.11. The normalized spacial score (nSPS) is 25.5. The van der Waals surface area contributed by atoms with Crippen LogP contribution in [0.2, 0.25) is 0 Å². The first kappa shape index (κ1) is 10.5. The van der Waals surface area contributed by atoms with Gasteiger partial charge in [-0.15, -0.1) is 0 Å². The number of rotatable bonds is 2. The van der Waals surface area contributed by atoms with Gasteiger partial charge < -0.3 is 10.1 Å². The van der Waals surface area contributed by atoms with Gasteiger partial charge in [0, 0.05) is 13.0 Å². The van der Waals surface area contributed by atoms with E-state index in [2.05, 4.69) is 44.3 Å². The van der Waals surface area contributed by atoms with Gasteiger partial charge in [-0.05, 0) is 44.5 Å². The van der Waals surface area contributed by atoms with Crippen LogP contribution >= 0.6 is 0 Å². The van der Waals surface area contributed by atoms with E-state index in [9.17, 15) is 0 Å². The van der Waals surface area contributed by atoms with Crippen LogP contribution in [0.5, 0.6) is 5.75 Å². The Hall–Kier alpha value is -1.02. The second kappa shape index (κ2) is 3.86. The van der Waals surface area contributed by atoms with Crippen LogP contribution in [-0.2, 0) is 0 Å². The van der Waals surface area contributed by atoms with Crippen molar-refractivity contribution in [3.8, 4) is 5.75 Å². The summed E-state index contributed by atoms with van der Waals surface area (Å²) in [6, 6.07) is 6.37. The Bertz CT molecular complexity index is 354. The van der Waals surface area contributed by atoms with E-state index in [1.165, 1.54) is 11.1 Å². The van der Waals surface area contributed by atoms with Gasteiger partial charge in [0.2, 0.25) is 0 Å². The first-order chi connectivity index (χ1) is 7.09. The van der Waals surface area contributed by atoms with Crippen LogP contribution in [0.15, 0.2) is 18.2 Å². The maximum absolute atomic E-state index is 6.11. The summed E-state index contributed by atoms with van der Waals surface area (Å²) in [4.78, 5) is 0. The SMILES string of the molecule is Cc1ccc(C)c(OC2(C)CCNC2)c1. The molecule has 1 aromatic carbocycles. The fraction of sp³-hybridized carbons (Fsp3) is 0.538. The Morgan fingerprint density at radius 3 is 2.80 bits per heavy atom. The zero-order chi connectivity index (χ0) is 10.9. The molecule has 2 rings (SSSR count). The first-order valence-electron chi connectivity index (χ1n) is 5.56. The molecule has 2 nitrogen and oxygen atoms in total. The van der Waals surface area contributed by atoms with E-state index < -0.39 is 0 Å². The third kappa shape index (κ3) is 2.32. The van der Waals surface area contributed by atoms with Gasteiger partial charge in [-0.25, -0.2) is 0 Å². The van der Waals surface area contributed by atoms with Gasteiger partial charge in [-0.3, -0.25) is 0 Å². The number of aryl methyl sites for hydroxylation is 2. The molecule has 1 N–H and O–H groups in total. The molecular formula is C13H19NO. The monoisotopic (exact) mass is 205 g/mol. The third-order valence-corrected chi connectivity index (χ3v) is 3.03. The molecule has 0 bridgehead atoms. The minimum atomic E-state index is -0.0292. The van der Waals surface area contributed by atoms with E-state index in [1.54, 1.807) is 0 Å². The third-order valence-electron chi connectivity index (χ3n) is 3.03. The minimum absolute atomic E-state index is 0.0292. The second-order valence-electron chi connectivity index (χ2n) is 4.75. The van der Waals surface area contributed by atoms with Crippen molar-refractivity contribution in [2.45, 2.75) is 32.8 Å². The number of hydrogen-bond acceptors (Lipinski definition) is 2. The van der Waals surface area contributed by atoms with E-state index in [0.29, 0.717) is 0 Å². The summed E-state index contributed by atoms with van der Waals surface area (Å²) in [5.41, 5.74) is 2.44. The fourth-order valence-electron chi connectivity index (χ4n) is 1.96. The molecule has 1 aromatic rings. The number of ether oxygens (including phenoxy) is 1. The van der Waals surface area contributed by atoms with Crippen molar-refractivity contribution >= 4 is 0 Å². The Morgan fingerprint density at radius 1 is 1.33 bits per heavy atom. The standard InChI is InChI=1S/C13H19NO/c1-10-4-5-11(2)12(8-10)15-13(3)6-7-14-9-13/h4-5,8,14H,6-7,9H2,1-3H3. The highest BCUT2D eigenvalue weighted by molar-refractivity contribution is 5.36. The minimum Gasteiger partial charge on any atom is -0.486 e. The Balaban J connectivity index is 2.19. The van der Waals surface area contributed by atoms with Gasteiger partial charge in [-0.2, -0.15) is 0 Å². The second-order valence-corrected chi connectivity index (χ2v) is 4.75. The summed E-state index contributed by atoms with van der Waals surface area (Å²) in [6.07, 6.45) is 1.08. The van der Waals surface area contributed by atoms with Gasteiger partial charge >= 0.3 is 0 Å². The molecule has 2 heteroatoms. The van der Waals surface area contributed by atoms with Crippen LogP contribution in [0.3, 0.4) is 0 Å². The molecule has 82 valence electrons. The largest absolute Gasteiger partial charge is 0.486 e. The van der Waals surface area contributed by atoms with Crippen molar-refractivity contribution < 1.29 is 4.74 Å². The van der Waals surface area contributed by atoms with E-state index >= 15 is 0 Å². The summed E-state index contributed by atoms with van der Waals surface area (Å²) < 4.78 is 6.11. The van der Waals surface area contributed by atoms with Crippen LogP contribution in [-0.4, -0.2) is 18.7 Å². The molecule has 1 heterocycles. The van der Waals surface area contributed by atoms with Crippen LogP contribution < -0.4 is 10.1 Å². The molecule has 1 fully saturated rings. The van der Waals surface area contributed by atoms with Crippen molar-refractivity contribution in [3.05, 3.63) is 29.3 Å². The van der Waals surface area contributed by atoms with Crippen molar-refractivity contribution in [2.75, 3.05) is 13.1 Å². The van der Waals surface area contributed by atoms with E-state index in [4.69, 9.17) is 4.74 Å². The average molecular weight is 205 g/mol. The van der Waals surface area contributed by atoms with Crippen LogP contribution in [0.25, 0.3) is 0 Å². The maximum Gasteiger partial charge on any atom is 0.123 e. The first-order valence-corrected chi connectivity index (χ1v) is 5.56. The summed E-state index contributed by atoms with van der Waals surface area (Å²) in [5.74, 6) is 1.03. The lowest BCUT2D eigenvalue weighted by molar-refractivity contribution is 0.110. The summed E-state index contributed by atoms with van der Waals surface area (Å²) in [7, 11) is 0. The van der Waals surface area contributed by atoms with E-state index in [1.807, 2.05) is 0 Å². The molecule has 0 saturated carbocycles. The van der Waals surface area contributed by atoms with Gasteiger partial charge in [0.15, 0.2) is 0 Å². The molecule has 0 spiro atoms. The van der Waals surface area contributed by atoms with Gasteiger partial charge in [0.1, 0.15) is 11.4 Å². The summed E-state index contributed by atoms with van der Waals surface area (Å²) >= 11 is 0. The van der Waals surface area contributed by atoms with Crippen LogP contribution in [0.1, 0.15) is 24.5 Å². The van der Waals surface area contributed by atoms with Gasteiger partial charge in [0.25, 0.3) is 0 Å². The molecule has 0 aliphatic carbocycles. The van der Waals surface area contributed by atoms with Crippen LogP contribution in [0.4, 0.5) is 0 Å². The van der Waals surface area contributed by atoms with Crippen molar-refractivity contribution in [2.24, 2.45) is 0 Å². The van der Waals surface area contributed by atoms with Gasteiger partial charge in [-0.1, -0.05) is 12.1 Å². The highest BCUT2D eigenvalue weighted by Gasteiger charge is 2.30. The lowest BCUT2D eigenvalue weighted by atomic mass is 10.1. The summed E-state index contributed by atoms with van der Waals surface area (Å²) in [6.45, 7) is 8.37. The van der Waals surface area contributed by atoms with E-state index in [-0.39, 0.29) is 5.60 Å². The Morgan fingerprint density at radius 2 is 2.13 bits per heavy atom. The molecule has 1 unspecified atom stereocenters. The lowest BCUT2D eigenvalue weighted by Gasteiger charge is -2.26. The molecular weight excluding hydrogens is 186 g/mol. The highest BCUT2D eigenvalue weighted by atomic mass is 16.5. The highest BCUT2D eigenvalue weighted by Crippen LogP contribution is 2.27.